The van der Waals surface area contributed by atoms with Crippen molar-refractivity contribution < 1.29 is 14.6 Å². The maximum Gasteiger partial charge on any atom is 0.228 e. The molecule has 1 aromatic rings. The van der Waals surface area contributed by atoms with Gasteiger partial charge in [0.05, 0.1) is 18.6 Å². The molecule has 0 radical (unpaired) electrons. The number of aliphatic hydroxyl groups is 1. The maximum absolute atomic E-state index is 11.3. The molecule has 2 heterocycles. The van der Waals surface area contributed by atoms with Crippen LogP contribution in [0.15, 0.2) is 18.2 Å². The Balaban J connectivity index is 1.82. The van der Waals surface area contributed by atoms with Crippen molar-refractivity contribution in [3.63, 3.8) is 0 Å². The van der Waals surface area contributed by atoms with Crippen LogP contribution < -0.4 is 5.32 Å². The minimum absolute atomic E-state index is 0.0253. The quantitative estimate of drug-likeness (QED) is 0.875. The number of ether oxygens (including phenoxy) is 1. The van der Waals surface area contributed by atoms with Crippen molar-refractivity contribution >= 4 is 11.6 Å². The van der Waals surface area contributed by atoms with Gasteiger partial charge in [-0.2, -0.15) is 0 Å². The molecule has 3 unspecified atom stereocenters. The number of carbonyl (C=O) groups is 1. The van der Waals surface area contributed by atoms with Gasteiger partial charge in [0.1, 0.15) is 0 Å². The number of hydrogen-bond acceptors (Lipinski definition) is 3. The lowest BCUT2D eigenvalue weighted by Crippen LogP contribution is -2.22. The molecule has 4 heteroatoms. The molecule has 2 N–H and O–H groups in total. The highest BCUT2D eigenvalue weighted by Crippen LogP contribution is 2.36. The summed E-state index contributed by atoms with van der Waals surface area (Å²) in [7, 11) is 0. The number of fused-ring (bicyclic) bond motifs is 1. The predicted octanol–water partition coefficient (Wildman–Crippen LogP) is 2.03. The van der Waals surface area contributed by atoms with Crippen LogP contribution in [0, 0.1) is 5.92 Å². The highest BCUT2D eigenvalue weighted by molar-refractivity contribution is 5.99. The molecule has 1 aromatic carbocycles. The fraction of sp³-hybridized carbons (Fsp3) is 0.533. The Labute approximate surface area is 112 Å². The summed E-state index contributed by atoms with van der Waals surface area (Å²) in [4.78, 5) is 11.3. The minimum atomic E-state index is -0.506. The van der Waals surface area contributed by atoms with Crippen molar-refractivity contribution in [1.29, 1.82) is 0 Å². The fourth-order valence-electron chi connectivity index (χ4n) is 3.13. The Hall–Kier alpha value is -1.39. The number of aliphatic hydroxyl groups excluding tert-OH is 1. The Kier molecular flexibility index (Phi) is 3.29. The van der Waals surface area contributed by atoms with E-state index < -0.39 is 6.10 Å². The van der Waals surface area contributed by atoms with E-state index in [4.69, 9.17) is 4.74 Å². The summed E-state index contributed by atoms with van der Waals surface area (Å²) < 4.78 is 5.64. The van der Waals surface area contributed by atoms with E-state index in [1.54, 1.807) is 0 Å². The second-order valence-electron chi connectivity index (χ2n) is 5.36. The predicted molar refractivity (Wildman–Crippen MR) is 71.9 cm³/mol. The van der Waals surface area contributed by atoms with Crippen LogP contribution in [0.4, 0.5) is 5.69 Å². The minimum Gasteiger partial charge on any atom is -0.388 e. The first kappa shape index (κ1) is 12.6. The molecule has 0 bridgehead atoms. The lowest BCUT2D eigenvalue weighted by Gasteiger charge is -2.23. The first-order valence-electron chi connectivity index (χ1n) is 6.91. The molecule has 0 aliphatic carbocycles. The lowest BCUT2D eigenvalue weighted by atomic mass is 9.88. The van der Waals surface area contributed by atoms with Gasteiger partial charge in [0.15, 0.2) is 0 Å². The third-order valence-corrected chi connectivity index (χ3v) is 4.16. The molecule has 2 aliphatic rings. The van der Waals surface area contributed by atoms with Crippen molar-refractivity contribution in [3.8, 4) is 0 Å². The van der Waals surface area contributed by atoms with Crippen LogP contribution in [0.2, 0.25) is 0 Å². The summed E-state index contributed by atoms with van der Waals surface area (Å²) in [6, 6.07) is 5.73. The van der Waals surface area contributed by atoms with E-state index in [-0.39, 0.29) is 17.9 Å². The van der Waals surface area contributed by atoms with Gasteiger partial charge in [-0.25, -0.2) is 0 Å². The molecule has 1 fully saturated rings. The van der Waals surface area contributed by atoms with Gasteiger partial charge in [0, 0.05) is 18.2 Å². The standard InChI is InChI=1S/C15H19NO3/c1-2-13-11(5-6-19-13)15(18)9-3-4-12-10(7-9)8-14(17)16-12/h3-4,7,11,13,15,18H,2,5-6,8H2,1H3,(H,16,17). The molecule has 4 nitrogen and oxygen atoms in total. The third-order valence-electron chi connectivity index (χ3n) is 4.16. The van der Waals surface area contributed by atoms with Crippen LogP contribution in [0.5, 0.6) is 0 Å². The zero-order valence-electron chi connectivity index (χ0n) is 11.1. The van der Waals surface area contributed by atoms with E-state index >= 15 is 0 Å². The largest absolute Gasteiger partial charge is 0.388 e. The third kappa shape index (κ3) is 2.26. The molecule has 3 atom stereocenters. The molecular formula is C15H19NO3. The number of nitrogens with one attached hydrogen (secondary N) is 1. The van der Waals surface area contributed by atoms with Gasteiger partial charge in [-0.15, -0.1) is 0 Å². The van der Waals surface area contributed by atoms with Crippen molar-refractivity contribution in [3.05, 3.63) is 29.3 Å². The van der Waals surface area contributed by atoms with Gasteiger partial charge >= 0.3 is 0 Å². The number of hydrogen-bond donors (Lipinski definition) is 2. The SMILES string of the molecule is CCC1OCCC1C(O)c1ccc2c(c1)CC(=O)N2. The van der Waals surface area contributed by atoms with Crippen LogP contribution >= 0.6 is 0 Å². The average molecular weight is 261 g/mol. The monoisotopic (exact) mass is 261 g/mol. The van der Waals surface area contributed by atoms with E-state index in [0.29, 0.717) is 6.42 Å². The van der Waals surface area contributed by atoms with E-state index in [1.807, 2.05) is 18.2 Å². The van der Waals surface area contributed by atoms with Crippen molar-refractivity contribution in [1.82, 2.24) is 0 Å². The molecule has 0 spiro atoms. The smallest absolute Gasteiger partial charge is 0.228 e. The van der Waals surface area contributed by atoms with Crippen molar-refractivity contribution in [2.75, 3.05) is 11.9 Å². The molecule has 1 amide bonds. The lowest BCUT2D eigenvalue weighted by molar-refractivity contribution is -0.115. The van der Waals surface area contributed by atoms with Gasteiger partial charge in [-0.3, -0.25) is 4.79 Å². The molecule has 19 heavy (non-hydrogen) atoms. The second kappa shape index (κ2) is 4.94. The van der Waals surface area contributed by atoms with Gasteiger partial charge in [-0.1, -0.05) is 19.1 Å². The molecule has 1 saturated heterocycles. The summed E-state index contributed by atoms with van der Waals surface area (Å²) in [6.45, 7) is 2.81. The summed E-state index contributed by atoms with van der Waals surface area (Å²) in [5, 5.41) is 13.3. The summed E-state index contributed by atoms with van der Waals surface area (Å²) in [6.07, 6.45) is 1.87. The number of rotatable bonds is 3. The van der Waals surface area contributed by atoms with Gasteiger partial charge in [-0.05, 0) is 30.0 Å². The normalized spacial score (nSPS) is 27.2. The van der Waals surface area contributed by atoms with Crippen LogP contribution in [-0.4, -0.2) is 23.7 Å². The summed E-state index contributed by atoms with van der Waals surface area (Å²) in [5.41, 5.74) is 2.74. The van der Waals surface area contributed by atoms with Crippen LogP contribution in [-0.2, 0) is 16.0 Å². The number of benzene rings is 1. The van der Waals surface area contributed by atoms with Gasteiger partial charge in [0.25, 0.3) is 0 Å². The topological polar surface area (TPSA) is 58.6 Å². The number of anilines is 1. The molecule has 2 aliphatic heterocycles. The highest BCUT2D eigenvalue weighted by atomic mass is 16.5. The molecule has 0 saturated carbocycles. The Morgan fingerprint density at radius 1 is 1.53 bits per heavy atom. The fourth-order valence-corrected chi connectivity index (χ4v) is 3.13. The number of amides is 1. The maximum atomic E-state index is 11.3. The van der Waals surface area contributed by atoms with Crippen LogP contribution in [0.25, 0.3) is 0 Å². The zero-order valence-corrected chi connectivity index (χ0v) is 11.1. The van der Waals surface area contributed by atoms with Crippen molar-refractivity contribution in [2.24, 2.45) is 5.92 Å². The van der Waals surface area contributed by atoms with Gasteiger partial charge < -0.3 is 15.2 Å². The van der Waals surface area contributed by atoms with E-state index in [1.165, 1.54) is 0 Å². The Morgan fingerprint density at radius 3 is 3.16 bits per heavy atom. The average Bonchev–Trinajstić information content (AvgIpc) is 3.01. The van der Waals surface area contributed by atoms with E-state index in [0.717, 1.165) is 36.3 Å². The van der Waals surface area contributed by atoms with Crippen molar-refractivity contribution in [2.45, 2.75) is 38.4 Å². The Bertz CT molecular complexity index is 500. The van der Waals surface area contributed by atoms with E-state index in [9.17, 15) is 9.90 Å². The van der Waals surface area contributed by atoms with Crippen LogP contribution in [0.1, 0.15) is 37.0 Å². The molecule has 102 valence electrons. The summed E-state index contributed by atoms with van der Waals surface area (Å²) in [5.74, 6) is 0.186. The van der Waals surface area contributed by atoms with Gasteiger partial charge in [0.2, 0.25) is 5.91 Å². The highest BCUT2D eigenvalue weighted by Gasteiger charge is 2.34. The van der Waals surface area contributed by atoms with E-state index in [2.05, 4.69) is 12.2 Å². The first-order chi connectivity index (χ1) is 9.19. The number of carbonyl (C=O) groups excluding carboxylic acids is 1. The molecule has 0 aromatic heterocycles. The first-order valence-corrected chi connectivity index (χ1v) is 6.91. The summed E-state index contributed by atoms with van der Waals surface area (Å²) >= 11 is 0. The Morgan fingerprint density at radius 2 is 2.37 bits per heavy atom. The second-order valence-corrected chi connectivity index (χ2v) is 5.36. The molecular weight excluding hydrogens is 242 g/mol. The molecule has 3 rings (SSSR count). The van der Waals surface area contributed by atoms with Crippen LogP contribution in [0.3, 0.4) is 0 Å². The zero-order chi connectivity index (χ0) is 13.4.